The fourth-order valence-electron chi connectivity index (χ4n) is 4.98. The van der Waals surface area contributed by atoms with Crippen LogP contribution >= 0.6 is 11.3 Å². The molecular formula is C26H37N3O3S. The van der Waals surface area contributed by atoms with Gasteiger partial charge in [0, 0.05) is 25.4 Å². The quantitative estimate of drug-likeness (QED) is 0.568. The van der Waals surface area contributed by atoms with Gasteiger partial charge in [0.2, 0.25) is 11.8 Å². The van der Waals surface area contributed by atoms with E-state index in [0.29, 0.717) is 6.54 Å². The Morgan fingerprint density at radius 3 is 2.42 bits per heavy atom. The van der Waals surface area contributed by atoms with Gasteiger partial charge in [-0.1, -0.05) is 64.8 Å². The molecule has 33 heavy (non-hydrogen) atoms. The summed E-state index contributed by atoms with van der Waals surface area (Å²) in [6.07, 6.45) is 1.47. The fourth-order valence-corrected chi connectivity index (χ4v) is 5.80. The van der Waals surface area contributed by atoms with E-state index in [-0.39, 0.29) is 42.5 Å². The average molecular weight is 472 g/mol. The second-order valence-electron chi connectivity index (χ2n) is 9.42. The topological polar surface area (TPSA) is 82.5 Å². The molecule has 1 aliphatic heterocycles. The Morgan fingerprint density at radius 2 is 1.88 bits per heavy atom. The van der Waals surface area contributed by atoms with E-state index in [2.05, 4.69) is 38.0 Å². The molecule has 2 aromatic rings. The Bertz CT molecular complexity index is 937. The second-order valence-corrected chi connectivity index (χ2v) is 10.3. The molecule has 0 aliphatic carbocycles. The molecule has 6 nitrogen and oxygen atoms in total. The predicted molar refractivity (Wildman–Crippen MR) is 133 cm³/mol. The van der Waals surface area contributed by atoms with Gasteiger partial charge in [-0.3, -0.25) is 9.59 Å². The Kier molecular flexibility index (Phi) is 8.65. The van der Waals surface area contributed by atoms with Crippen molar-refractivity contribution in [3.8, 4) is 10.4 Å². The number of hydrogen-bond donors (Lipinski definition) is 2. The molecule has 3 rings (SSSR count). The molecule has 0 saturated carbocycles. The summed E-state index contributed by atoms with van der Waals surface area (Å²) in [5.41, 5.74) is 4.96. The molecule has 7 heteroatoms. The number of aliphatic hydroxyl groups excluding tert-OH is 1. The van der Waals surface area contributed by atoms with E-state index in [1.165, 1.54) is 0 Å². The van der Waals surface area contributed by atoms with Crippen molar-refractivity contribution in [2.75, 3.05) is 6.54 Å². The van der Waals surface area contributed by atoms with Crippen LogP contribution < -0.4 is 5.32 Å². The van der Waals surface area contributed by atoms with Crippen LogP contribution in [0.4, 0.5) is 0 Å². The lowest BCUT2D eigenvalue weighted by molar-refractivity contribution is -0.144. The summed E-state index contributed by atoms with van der Waals surface area (Å²) in [4.78, 5) is 33.6. The summed E-state index contributed by atoms with van der Waals surface area (Å²) in [6.45, 7) is 11.0. The maximum Gasteiger partial charge on any atom is 0.243 e. The van der Waals surface area contributed by atoms with Crippen LogP contribution in [-0.4, -0.2) is 45.5 Å². The molecule has 2 N–H and O–H groups in total. The standard InChI is InChI=1S/C26H37N3O3S/c1-6-19(7-2)23(16(3)4)26(32)29-14-21(30)12-22(29)25(31)27-13-18-8-10-20(11-9-18)24-17(5)28-15-33-24/h8-11,15-16,19,21-23,30H,6-7,12-14H2,1-5H3,(H,27,31). The summed E-state index contributed by atoms with van der Waals surface area (Å²) in [6, 6.07) is 7.47. The van der Waals surface area contributed by atoms with Gasteiger partial charge in [0.05, 0.1) is 22.2 Å². The van der Waals surface area contributed by atoms with Crippen molar-refractivity contribution in [1.82, 2.24) is 15.2 Å². The lowest BCUT2D eigenvalue weighted by atomic mass is 9.79. The molecule has 0 radical (unpaired) electrons. The number of aliphatic hydroxyl groups is 1. The molecular weight excluding hydrogens is 434 g/mol. The van der Waals surface area contributed by atoms with Crippen LogP contribution in [0.2, 0.25) is 0 Å². The zero-order chi connectivity index (χ0) is 24.1. The monoisotopic (exact) mass is 471 g/mol. The molecule has 0 spiro atoms. The molecule has 0 bridgehead atoms. The first-order valence-corrected chi connectivity index (χ1v) is 12.9. The number of benzene rings is 1. The maximum absolute atomic E-state index is 13.5. The van der Waals surface area contributed by atoms with Crippen molar-refractivity contribution < 1.29 is 14.7 Å². The van der Waals surface area contributed by atoms with Gasteiger partial charge in [-0.05, 0) is 29.9 Å². The third-order valence-corrected chi connectivity index (χ3v) is 7.83. The third kappa shape index (κ3) is 5.82. The van der Waals surface area contributed by atoms with Gasteiger partial charge in [0.1, 0.15) is 6.04 Å². The number of amides is 2. The Labute approximate surface area is 201 Å². The van der Waals surface area contributed by atoms with E-state index in [1.54, 1.807) is 16.2 Å². The van der Waals surface area contributed by atoms with Gasteiger partial charge in [-0.25, -0.2) is 4.98 Å². The molecule has 1 fully saturated rings. The van der Waals surface area contributed by atoms with Crippen molar-refractivity contribution in [3.05, 3.63) is 41.0 Å². The normalized spacial score (nSPS) is 19.3. The number of rotatable bonds is 9. The van der Waals surface area contributed by atoms with Gasteiger partial charge in [-0.2, -0.15) is 0 Å². The number of nitrogens with one attached hydrogen (secondary N) is 1. The third-order valence-electron chi connectivity index (χ3n) is 6.85. The van der Waals surface area contributed by atoms with Crippen LogP contribution in [0, 0.1) is 24.7 Å². The van der Waals surface area contributed by atoms with Gasteiger partial charge in [0.25, 0.3) is 0 Å². The van der Waals surface area contributed by atoms with Crippen LogP contribution in [0.15, 0.2) is 29.8 Å². The molecule has 1 saturated heterocycles. The minimum Gasteiger partial charge on any atom is -0.391 e. The van der Waals surface area contributed by atoms with E-state index in [1.807, 2.05) is 36.7 Å². The number of β-amino-alcohol motifs (C(OH)–C–C–N with tert-alkyl or cyclic N) is 1. The van der Waals surface area contributed by atoms with Crippen LogP contribution in [0.3, 0.4) is 0 Å². The first-order chi connectivity index (χ1) is 15.8. The Morgan fingerprint density at radius 1 is 1.21 bits per heavy atom. The van der Waals surface area contributed by atoms with Gasteiger partial charge in [0.15, 0.2) is 0 Å². The number of aromatic nitrogens is 1. The summed E-state index contributed by atoms with van der Waals surface area (Å²) >= 11 is 1.61. The average Bonchev–Trinajstić information content (AvgIpc) is 3.40. The highest BCUT2D eigenvalue weighted by Gasteiger charge is 2.43. The SMILES string of the molecule is CCC(CC)C(C(=O)N1CC(O)CC1C(=O)NCc1ccc(-c2scnc2C)cc1)C(C)C. The minimum atomic E-state index is -0.666. The fraction of sp³-hybridized carbons (Fsp3) is 0.577. The van der Waals surface area contributed by atoms with Crippen molar-refractivity contribution in [2.24, 2.45) is 17.8 Å². The molecule has 2 amide bonds. The minimum absolute atomic E-state index is 0.000296. The first kappa shape index (κ1) is 25.4. The number of nitrogens with zero attached hydrogens (tertiary/aromatic N) is 2. The molecule has 1 aromatic carbocycles. The van der Waals surface area contributed by atoms with Crippen LogP contribution in [0.25, 0.3) is 10.4 Å². The molecule has 2 heterocycles. The predicted octanol–water partition coefficient (Wildman–Crippen LogP) is 4.40. The van der Waals surface area contributed by atoms with Crippen LogP contribution in [-0.2, 0) is 16.1 Å². The van der Waals surface area contributed by atoms with E-state index >= 15 is 0 Å². The summed E-state index contributed by atoms with van der Waals surface area (Å²) in [7, 11) is 0. The molecule has 180 valence electrons. The second kappa shape index (κ2) is 11.3. The van der Waals surface area contributed by atoms with Crippen molar-refractivity contribution >= 4 is 23.2 Å². The summed E-state index contributed by atoms with van der Waals surface area (Å²) in [5.74, 6) is 0.126. The first-order valence-electron chi connectivity index (χ1n) is 12.0. The number of likely N-dealkylation sites (tertiary alicyclic amines) is 1. The van der Waals surface area contributed by atoms with Crippen molar-refractivity contribution in [2.45, 2.75) is 72.6 Å². The molecule has 3 unspecified atom stereocenters. The van der Waals surface area contributed by atoms with Gasteiger partial charge in [-0.15, -0.1) is 11.3 Å². The number of aryl methyl sites for hydroxylation is 1. The Balaban J connectivity index is 1.66. The largest absolute Gasteiger partial charge is 0.391 e. The van der Waals surface area contributed by atoms with Crippen molar-refractivity contribution in [1.29, 1.82) is 0 Å². The van der Waals surface area contributed by atoms with E-state index < -0.39 is 12.1 Å². The van der Waals surface area contributed by atoms with Gasteiger partial charge < -0.3 is 15.3 Å². The van der Waals surface area contributed by atoms with E-state index in [9.17, 15) is 14.7 Å². The molecule has 3 atom stereocenters. The maximum atomic E-state index is 13.5. The summed E-state index contributed by atoms with van der Waals surface area (Å²) in [5, 5.41) is 13.3. The lowest BCUT2D eigenvalue weighted by Crippen LogP contribution is -2.49. The van der Waals surface area contributed by atoms with Gasteiger partial charge >= 0.3 is 0 Å². The van der Waals surface area contributed by atoms with E-state index in [0.717, 1.165) is 34.5 Å². The number of hydrogen-bond acceptors (Lipinski definition) is 5. The Hall–Kier alpha value is -2.25. The summed E-state index contributed by atoms with van der Waals surface area (Å²) < 4.78 is 0. The van der Waals surface area contributed by atoms with Crippen LogP contribution in [0.5, 0.6) is 0 Å². The van der Waals surface area contributed by atoms with Crippen molar-refractivity contribution in [3.63, 3.8) is 0 Å². The highest BCUT2D eigenvalue weighted by molar-refractivity contribution is 7.13. The molecule has 1 aromatic heterocycles. The zero-order valence-corrected chi connectivity index (χ0v) is 21.2. The van der Waals surface area contributed by atoms with Crippen LogP contribution in [0.1, 0.15) is 58.2 Å². The molecule has 1 aliphatic rings. The number of carbonyl (C=O) groups excluding carboxylic acids is 2. The number of thiazole rings is 1. The lowest BCUT2D eigenvalue weighted by Gasteiger charge is -2.34. The smallest absolute Gasteiger partial charge is 0.243 e. The number of carbonyl (C=O) groups is 2. The van der Waals surface area contributed by atoms with E-state index in [4.69, 9.17) is 0 Å². The highest BCUT2D eigenvalue weighted by Crippen LogP contribution is 2.32. The zero-order valence-electron chi connectivity index (χ0n) is 20.4. The highest BCUT2D eigenvalue weighted by atomic mass is 32.1.